The highest BCUT2D eigenvalue weighted by Crippen LogP contribution is 2.65. The zero-order valence-electron chi connectivity index (χ0n) is 16.7. The van der Waals surface area contributed by atoms with Crippen molar-refractivity contribution in [1.29, 1.82) is 0 Å². The van der Waals surface area contributed by atoms with Crippen molar-refractivity contribution in [3.05, 3.63) is 98.2 Å². The lowest BCUT2D eigenvalue weighted by Crippen LogP contribution is -2.17. The molecule has 0 unspecified atom stereocenters. The molecule has 2 atom stereocenters. The van der Waals surface area contributed by atoms with Crippen LogP contribution in [0.4, 0.5) is 10.1 Å². The lowest BCUT2D eigenvalue weighted by Gasteiger charge is -2.09. The summed E-state index contributed by atoms with van der Waals surface area (Å²) in [6, 6.07) is 15.1. The molecule has 3 nitrogen and oxygen atoms in total. The molecule has 1 saturated carbocycles. The minimum absolute atomic E-state index is 0.0318. The van der Waals surface area contributed by atoms with Gasteiger partial charge in [-0.15, -0.1) is 23.2 Å². The molecule has 3 aromatic rings. The van der Waals surface area contributed by atoms with Crippen LogP contribution in [0.5, 0.6) is 0 Å². The van der Waals surface area contributed by atoms with Crippen molar-refractivity contribution in [2.75, 3.05) is 5.32 Å². The first-order valence-corrected chi connectivity index (χ1v) is 11.7. The molecule has 0 aromatic heterocycles. The first-order valence-electron chi connectivity index (χ1n) is 9.78. The molecule has 0 heterocycles. The molecule has 1 amide bonds. The highest BCUT2D eigenvalue weighted by atomic mass is 35.5. The van der Waals surface area contributed by atoms with Crippen LogP contribution in [0.15, 0.2) is 60.7 Å². The number of carbonyl (C=O) groups excluding carboxylic acids is 2. The molecule has 0 bridgehead atoms. The summed E-state index contributed by atoms with van der Waals surface area (Å²) in [6.45, 7) is 0. The van der Waals surface area contributed by atoms with E-state index in [1.807, 2.05) is 0 Å². The summed E-state index contributed by atoms with van der Waals surface area (Å²) >= 11 is 31.1. The highest BCUT2D eigenvalue weighted by molar-refractivity contribution is 6.53. The highest BCUT2D eigenvalue weighted by Gasteiger charge is 2.67. The Hall–Kier alpha value is -1.82. The van der Waals surface area contributed by atoms with E-state index in [2.05, 4.69) is 5.32 Å². The predicted octanol–water partition coefficient (Wildman–Crippen LogP) is 7.74. The predicted molar refractivity (Wildman–Crippen MR) is 132 cm³/mol. The summed E-state index contributed by atoms with van der Waals surface area (Å²) in [5.74, 6) is -2.32. The van der Waals surface area contributed by atoms with E-state index in [1.165, 1.54) is 36.4 Å². The maximum atomic E-state index is 13.1. The number of benzene rings is 3. The maximum absolute atomic E-state index is 13.1. The van der Waals surface area contributed by atoms with Crippen molar-refractivity contribution < 1.29 is 14.0 Å². The second kappa shape index (κ2) is 9.44. The second-order valence-corrected chi connectivity index (χ2v) is 10.5. The number of ketones is 1. The van der Waals surface area contributed by atoms with Crippen molar-refractivity contribution >= 4 is 75.4 Å². The molecule has 1 aliphatic rings. The van der Waals surface area contributed by atoms with Gasteiger partial charge >= 0.3 is 0 Å². The van der Waals surface area contributed by atoms with Crippen LogP contribution in [0.3, 0.4) is 0 Å². The Morgan fingerprint density at radius 2 is 1.55 bits per heavy atom. The van der Waals surface area contributed by atoms with E-state index in [0.29, 0.717) is 26.9 Å². The van der Waals surface area contributed by atoms with Gasteiger partial charge < -0.3 is 5.32 Å². The number of alkyl halides is 2. The van der Waals surface area contributed by atoms with Gasteiger partial charge in [0.15, 0.2) is 5.78 Å². The van der Waals surface area contributed by atoms with Crippen LogP contribution >= 0.6 is 58.0 Å². The average molecular weight is 546 g/mol. The van der Waals surface area contributed by atoms with Crippen molar-refractivity contribution in [2.24, 2.45) is 5.92 Å². The van der Waals surface area contributed by atoms with Crippen LogP contribution in [0.25, 0.3) is 0 Å². The second-order valence-electron chi connectivity index (χ2n) is 7.74. The summed E-state index contributed by atoms with van der Waals surface area (Å²) in [5.41, 5.74) is 1.90. The first-order chi connectivity index (χ1) is 15.6. The third-order valence-corrected chi connectivity index (χ3v) is 7.10. The maximum Gasteiger partial charge on any atom is 0.231 e. The number of hydrogen-bond donors (Lipinski definition) is 1. The normalized spacial score (nSPS) is 18.6. The summed E-state index contributed by atoms with van der Waals surface area (Å²) in [5, 5.41) is 3.81. The number of rotatable bonds is 6. The van der Waals surface area contributed by atoms with Gasteiger partial charge in [-0.2, -0.15) is 0 Å². The standard InChI is InChI=1S/C24H15Cl5FNO2/c25-14-8-13(9-15(26)10-14)21-22(24(21,28)29)23(33)31-17-5-6-19(27)18(11-17)20(32)7-12-1-3-16(30)4-2-12/h1-6,8-11,21-22H,7H2,(H,31,33)/t21-,22+/m1/s1. The number of halogens is 6. The molecular formula is C24H15Cl5FNO2. The van der Waals surface area contributed by atoms with E-state index in [9.17, 15) is 14.0 Å². The van der Waals surface area contributed by atoms with Crippen molar-refractivity contribution in [3.8, 4) is 0 Å². The molecule has 4 rings (SSSR count). The molecule has 3 aromatic carbocycles. The molecule has 0 saturated heterocycles. The van der Waals surface area contributed by atoms with Gasteiger partial charge in [0, 0.05) is 33.6 Å². The molecular weight excluding hydrogens is 531 g/mol. The van der Waals surface area contributed by atoms with Gasteiger partial charge in [-0.3, -0.25) is 9.59 Å². The van der Waals surface area contributed by atoms with Gasteiger partial charge in [0.05, 0.1) is 10.9 Å². The Labute approximate surface area is 214 Å². The van der Waals surface area contributed by atoms with E-state index in [4.69, 9.17) is 58.0 Å². The number of nitrogens with one attached hydrogen (secondary N) is 1. The summed E-state index contributed by atoms with van der Waals surface area (Å²) in [7, 11) is 0. The van der Waals surface area contributed by atoms with Crippen molar-refractivity contribution in [2.45, 2.75) is 16.7 Å². The van der Waals surface area contributed by atoms with E-state index >= 15 is 0 Å². The van der Waals surface area contributed by atoms with E-state index in [1.54, 1.807) is 24.3 Å². The van der Waals surface area contributed by atoms with Crippen molar-refractivity contribution in [1.82, 2.24) is 0 Å². The van der Waals surface area contributed by atoms with Gasteiger partial charge in [0.2, 0.25) is 5.91 Å². The summed E-state index contributed by atoms with van der Waals surface area (Å²) in [4.78, 5) is 25.7. The number of hydrogen-bond acceptors (Lipinski definition) is 2. The van der Waals surface area contributed by atoms with Crippen LogP contribution in [-0.4, -0.2) is 16.0 Å². The molecule has 170 valence electrons. The topological polar surface area (TPSA) is 46.2 Å². The first kappa shape index (κ1) is 24.3. The van der Waals surface area contributed by atoms with Crippen LogP contribution in [0, 0.1) is 11.7 Å². The Bertz CT molecular complexity index is 1230. The van der Waals surface area contributed by atoms with Crippen LogP contribution in [0.2, 0.25) is 15.1 Å². The molecule has 0 aliphatic heterocycles. The Balaban J connectivity index is 1.50. The van der Waals surface area contributed by atoms with Crippen LogP contribution < -0.4 is 5.32 Å². The monoisotopic (exact) mass is 543 g/mol. The largest absolute Gasteiger partial charge is 0.326 e. The number of Topliss-reactive ketones (excluding diaryl/α,β-unsaturated/α-hetero) is 1. The summed E-state index contributed by atoms with van der Waals surface area (Å²) in [6.07, 6.45) is 0.0318. The molecule has 9 heteroatoms. The third-order valence-electron chi connectivity index (χ3n) is 5.39. The number of anilines is 1. The van der Waals surface area contributed by atoms with E-state index in [-0.39, 0.29) is 28.6 Å². The van der Waals surface area contributed by atoms with E-state index < -0.39 is 22.1 Å². The molecule has 0 radical (unpaired) electrons. The van der Waals surface area contributed by atoms with Crippen molar-refractivity contribution in [3.63, 3.8) is 0 Å². The molecule has 0 spiro atoms. The fourth-order valence-electron chi connectivity index (χ4n) is 3.74. The zero-order chi connectivity index (χ0) is 23.9. The Morgan fingerprint density at radius 1 is 0.909 bits per heavy atom. The van der Waals surface area contributed by atoms with Gasteiger partial charge in [-0.25, -0.2) is 4.39 Å². The van der Waals surface area contributed by atoms with Gasteiger partial charge in [0.25, 0.3) is 0 Å². The van der Waals surface area contributed by atoms with Gasteiger partial charge in [-0.05, 0) is 59.7 Å². The van der Waals surface area contributed by atoms with Crippen LogP contribution in [0.1, 0.15) is 27.4 Å². The Kier molecular flexibility index (Phi) is 6.95. The molecule has 1 N–H and O–H groups in total. The molecule has 1 fully saturated rings. The third kappa shape index (κ3) is 5.31. The lowest BCUT2D eigenvalue weighted by atomic mass is 10.0. The SMILES string of the molecule is O=C(Cc1ccc(F)cc1)c1cc(NC(=O)[C@@H]2[C@@H](c3cc(Cl)cc(Cl)c3)C2(Cl)Cl)ccc1Cl. The van der Waals surface area contributed by atoms with Gasteiger partial charge in [-0.1, -0.05) is 46.9 Å². The fraction of sp³-hybridized carbons (Fsp3) is 0.167. The van der Waals surface area contributed by atoms with Gasteiger partial charge in [0.1, 0.15) is 10.2 Å². The summed E-state index contributed by atoms with van der Waals surface area (Å²) < 4.78 is 11.8. The lowest BCUT2D eigenvalue weighted by molar-refractivity contribution is -0.117. The number of carbonyl (C=O) groups is 2. The number of amides is 1. The van der Waals surface area contributed by atoms with Crippen LogP contribution in [-0.2, 0) is 11.2 Å². The minimum Gasteiger partial charge on any atom is -0.326 e. The minimum atomic E-state index is -1.33. The quantitative estimate of drug-likeness (QED) is 0.254. The van der Waals surface area contributed by atoms with E-state index in [0.717, 1.165) is 0 Å². The zero-order valence-corrected chi connectivity index (χ0v) is 20.5. The molecule has 33 heavy (non-hydrogen) atoms. The molecule has 1 aliphatic carbocycles. The fourth-order valence-corrected chi connectivity index (χ4v) is 5.34. The smallest absolute Gasteiger partial charge is 0.231 e. The average Bonchev–Trinajstić information content (AvgIpc) is 3.32. The Morgan fingerprint density at radius 3 is 2.18 bits per heavy atom.